The van der Waals surface area contributed by atoms with Gasteiger partial charge in [-0.2, -0.15) is 0 Å². The third-order valence-electron chi connectivity index (χ3n) is 1.41. The molecule has 12 heavy (non-hydrogen) atoms. The molecule has 6 heteroatoms. The number of carboxylic acids is 1. The normalized spacial score (nSPS) is 35.2. The van der Waals surface area contributed by atoms with Crippen LogP contribution in [0, 0.1) is 0 Å². The van der Waals surface area contributed by atoms with Gasteiger partial charge < -0.3 is 30.0 Å². The number of rotatable bonds is 1. The molecule has 68 valence electrons. The van der Waals surface area contributed by atoms with Crippen molar-refractivity contribution in [1.82, 2.24) is 0 Å². The highest BCUT2D eigenvalue weighted by Gasteiger charge is 2.30. The number of aliphatic hydroxyl groups is 3. The summed E-state index contributed by atoms with van der Waals surface area (Å²) in [5.41, 5.74) is 0. The monoisotopic (exact) mass is 175 g/mol. The molecule has 1 rings (SSSR count). The Balaban J connectivity index is 2.81. The van der Waals surface area contributed by atoms with Crippen molar-refractivity contribution in [2.45, 2.75) is 18.5 Å². The molecule has 0 bridgehead atoms. The number of hydrogen-bond acceptors (Lipinski definition) is 6. The van der Waals surface area contributed by atoms with Crippen LogP contribution in [0.4, 0.5) is 0 Å². The highest BCUT2D eigenvalue weighted by molar-refractivity contribution is 5.82. The van der Waals surface area contributed by atoms with E-state index < -0.39 is 30.2 Å². The Morgan fingerprint density at radius 2 is 2.08 bits per heavy atom. The summed E-state index contributed by atoms with van der Waals surface area (Å²) in [6.45, 7) is 0. The quantitative estimate of drug-likeness (QED) is 0.385. The van der Waals surface area contributed by atoms with Gasteiger partial charge in [0.1, 0.15) is 23.9 Å². The number of carboxylic acid groups (broad SMARTS) is 1. The predicted molar refractivity (Wildman–Crippen MR) is 32.2 cm³/mol. The largest absolute Gasteiger partial charge is 0.542 e. The first-order chi connectivity index (χ1) is 5.52. The molecule has 3 N–H and O–H groups in total. The van der Waals surface area contributed by atoms with E-state index in [1.165, 1.54) is 0 Å². The summed E-state index contributed by atoms with van der Waals surface area (Å²) in [6.07, 6.45) is -3.97. The van der Waals surface area contributed by atoms with Gasteiger partial charge in [0.15, 0.2) is 0 Å². The zero-order chi connectivity index (χ0) is 9.30. The zero-order valence-electron chi connectivity index (χ0n) is 5.88. The first-order valence-electron chi connectivity index (χ1n) is 3.16. The number of carbonyl (C=O) groups excluding carboxylic acids is 1. The molecule has 6 nitrogen and oxygen atoms in total. The van der Waals surface area contributed by atoms with Gasteiger partial charge in [-0.25, -0.2) is 0 Å². The van der Waals surface area contributed by atoms with Crippen molar-refractivity contribution < 1.29 is 30.0 Å². The molecule has 0 unspecified atom stereocenters. The number of aliphatic hydroxyl groups excluding tert-OH is 3. The van der Waals surface area contributed by atoms with E-state index in [-0.39, 0.29) is 0 Å². The second-order valence-corrected chi connectivity index (χ2v) is 2.31. The Labute approximate surface area is 67.3 Å². The average Bonchev–Trinajstić information content (AvgIpc) is 1.99. The van der Waals surface area contributed by atoms with Gasteiger partial charge in [-0.05, 0) is 6.08 Å². The third-order valence-corrected chi connectivity index (χ3v) is 1.41. The number of hydrogen-bond donors (Lipinski definition) is 3. The summed E-state index contributed by atoms with van der Waals surface area (Å²) in [4.78, 5) is 10.1. The molecule has 1 heterocycles. The van der Waals surface area contributed by atoms with Crippen LogP contribution >= 0.6 is 0 Å². The maximum atomic E-state index is 10.1. The van der Waals surface area contributed by atoms with Gasteiger partial charge in [0.25, 0.3) is 0 Å². The van der Waals surface area contributed by atoms with Gasteiger partial charge in [0.05, 0.1) is 0 Å². The van der Waals surface area contributed by atoms with E-state index in [4.69, 9.17) is 15.3 Å². The maximum absolute atomic E-state index is 10.1. The summed E-state index contributed by atoms with van der Waals surface area (Å²) in [5.74, 6) is -2.33. The standard InChI is InChI=1S/C6H8O6/c7-2-1-3(5(9)10)12-6(11)4(2)8/h1-2,4,6-8,11H,(H,9,10)/p-1/t2-,4+,6+/m0/s1. The van der Waals surface area contributed by atoms with Gasteiger partial charge >= 0.3 is 0 Å². The molecule has 0 aromatic rings. The molecule has 0 aromatic carbocycles. The second kappa shape index (κ2) is 3.10. The first kappa shape index (κ1) is 8.98. The molecule has 0 aromatic heterocycles. The topological polar surface area (TPSA) is 110 Å². The molecule has 0 amide bonds. The van der Waals surface area contributed by atoms with Crippen LogP contribution < -0.4 is 5.11 Å². The van der Waals surface area contributed by atoms with Crippen LogP contribution in [0.25, 0.3) is 0 Å². The van der Waals surface area contributed by atoms with E-state index in [9.17, 15) is 9.90 Å². The van der Waals surface area contributed by atoms with Crippen molar-refractivity contribution in [2.75, 3.05) is 0 Å². The first-order valence-corrected chi connectivity index (χ1v) is 3.16. The van der Waals surface area contributed by atoms with Gasteiger partial charge in [0.2, 0.25) is 6.29 Å². The molecule has 0 spiro atoms. The summed E-state index contributed by atoms with van der Waals surface area (Å²) in [5, 5.41) is 36.7. The average molecular weight is 175 g/mol. The van der Waals surface area contributed by atoms with Crippen molar-refractivity contribution in [1.29, 1.82) is 0 Å². The fraction of sp³-hybridized carbons (Fsp3) is 0.500. The van der Waals surface area contributed by atoms with Crippen LogP contribution in [-0.2, 0) is 9.53 Å². The molecule has 1 aliphatic rings. The summed E-state index contributed by atoms with van der Waals surface area (Å²) >= 11 is 0. The van der Waals surface area contributed by atoms with Gasteiger partial charge in [-0.3, -0.25) is 0 Å². The maximum Gasteiger partial charge on any atom is 0.226 e. The fourth-order valence-electron chi connectivity index (χ4n) is 0.778. The minimum atomic E-state index is -1.74. The van der Waals surface area contributed by atoms with Crippen molar-refractivity contribution in [3.05, 3.63) is 11.8 Å². The molecule has 0 aliphatic carbocycles. The van der Waals surface area contributed by atoms with Crippen LogP contribution in [0.15, 0.2) is 11.8 Å². The lowest BCUT2D eigenvalue weighted by Crippen LogP contribution is -2.44. The molecule has 0 fully saturated rings. The third kappa shape index (κ3) is 1.55. The van der Waals surface area contributed by atoms with Crippen LogP contribution in [0.1, 0.15) is 0 Å². The van der Waals surface area contributed by atoms with Crippen molar-refractivity contribution >= 4 is 5.97 Å². The van der Waals surface area contributed by atoms with Crippen molar-refractivity contribution in [3.63, 3.8) is 0 Å². The van der Waals surface area contributed by atoms with Crippen LogP contribution in [-0.4, -0.2) is 39.8 Å². The summed E-state index contributed by atoms with van der Waals surface area (Å²) in [7, 11) is 0. The van der Waals surface area contributed by atoms with E-state index >= 15 is 0 Å². The van der Waals surface area contributed by atoms with Gasteiger partial charge in [0, 0.05) is 0 Å². The van der Waals surface area contributed by atoms with E-state index in [0.29, 0.717) is 0 Å². The van der Waals surface area contributed by atoms with E-state index in [1.807, 2.05) is 0 Å². The van der Waals surface area contributed by atoms with Crippen LogP contribution in [0.2, 0.25) is 0 Å². The fourth-order valence-corrected chi connectivity index (χ4v) is 0.778. The van der Waals surface area contributed by atoms with Crippen molar-refractivity contribution in [3.8, 4) is 0 Å². The lowest BCUT2D eigenvalue weighted by atomic mass is 10.1. The van der Waals surface area contributed by atoms with E-state index in [1.54, 1.807) is 0 Å². The number of carbonyl (C=O) groups is 1. The Morgan fingerprint density at radius 1 is 1.50 bits per heavy atom. The Bertz CT molecular complexity index is 222. The summed E-state index contributed by atoms with van der Waals surface area (Å²) < 4.78 is 4.28. The highest BCUT2D eigenvalue weighted by Crippen LogP contribution is 2.15. The van der Waals surface area contributed by atoms with Gasteiger partial charge in [-0.15, -0.1) is 0 Å². The molecular weight excluding hydrogens is 168 g/mol. The van der Waals surface area contributed by atoms with Crippen molar-refractivity contribution in [2.24, 2.45) is 0 Å². The van der Waals surface area contributed by atoms with Crippen LogP contribution in [0.5, 0.6) is 0 Å². The molecule has 0 radical (unpaired) electrons. The molecule has 0 saturated heterocycles. The lowest BCUT2D eigenvalue weighted by molar-refractivity contribution is -0.308. The SMILES string of the molecule is O=C([O-])C1=C[C@H](O)[C@@H](O)[C@H](O)O1. The smallest absolute Gasteiger partial charge is 0.226 e. The number of ether oxygens (including phenoxy) is 1. The highest BCUT2D eigenvalue weighted by atomic mass is 16.6. The number of aliphatic carboxylic acids is 1. The molecular formula is C6H7O6-. The molecule has 0 saturated carbocycles. The summed E-state index contributed by atoms with van der Waals surface area (Å²) in [6, 6.07) is 0. The zero-order valence-corrected chi connectivity index (χ0v) is 5.88. The van der Waals surface area contributed by atoms with E-state index in [0.717, 1.165) is 6.08 Å². The van der Waals surface area contributed by atoms with Gasteiger partial charge in [-0.1, -0.05) is 0 Å². The molecule has 1 aliphatic heterocycles. The predicted octanol–water partition coefficient (Wildman–Crippen LogP) is -3.31. The minimum Gasteiger partial charge on any atom is -0.542 e. The Kier molecular flexibility index (Phi) is 2.32. The Morgan fingerprint density at radius 3 is 2.50 bits per heavy atom. The Hall–Kier alpha value is -1.11. The van der Waals surface area contributed by atoms with Crippen LogP contribution in [0.3, 0.4) is 0 Å². The van der Waals surface area contributed by atoms with E-state index in [2.05, 4.69) is 4.74 Å². The lowest BCUT2D eigenvalue weighted by Gasteiger charge is -2.28. The second-order valence-electron chi connectivity index (χ2n) is 2.31. The molecule has 3 atom stereocenters. The minimum absolute atomic E-state index is 0.680.